The van der Waals surface area contributed by atoms with E-state index >= 15 is 0 Å². The molecule has 2 nitrogen and oxygen atoms in total. The molecule has 1 aliphatic carbocycles. The molecule has 1 aliphatic rings. The highest BCUT2D eigenvalue weighted by Crippen LogP contribution is 2.23. The second-order valence-corrected chi connectivity index (χ2v) is 5.19. The van der Waals surface area contributed by atoms with Crippen LogP contribution in [-0.2, 0) is 0 Å². The van der Waals surface area contributed by atoms with Crippen LogP contribution in [-0.4, -0.2) is 12.1 Å². The lowest BCUT2D eigenvalue weighted by Gasteiger charge is -2.14. The van der Waals surface area contributed by atoms with Gasteiger partial charge in [0.2, 0.25) is 0 Å². The summed E-state index contributed by atoms with van der Waals surface area (Å²) in [6.07, 6.45) is 3.46. The Kier molecular flexibility index (Phi) is 3.49. The molecular formula is C14H22N2. The number of benzene rings is 1. The van der Waals surface area contributed by atoms with Gasteiger partial charge in [0, 0.05) is 17.8 Å². The van der Waals surface area contributed by atoms with Crippen molar-refractivity contribution < 1.29 is 0 Å². The van der Waals surface area contributed by atoms with Crippen molar-refractivity contribution in [3.8, 4) is 0 Å². The van der Waals surface area contributed by atoms with Gasteiger partial charge >= 0.3 is 0 Å². The topological polar surface area (TPSA) is 38.0 Å². The largest absolute Gasteiger partial charge is 0.382 e. The minimum absolute atomic E-state index is 0.396. The van der Waals surface area contributed by atoms with Gasteiger partial charge in [-0.3, -0.25) is 0 Å². The van der Waals surface area contributed by atoms with Crippen LogP contribution in [0, 0.1) is 0 Å². The van der Waals surface area contributed by atoms with Crippen LogP contribution in [0.15, 0.2) is 24.3 Å². The molecular weight excluding hydrogens is 196 g/mol. The van der Waals surface area contributed by atoms with Gasteiger partial charge in [-0.15, -0.1) is 0 Å². The van der Waals surface area contributed by atoms with Crippen LogP contribution in [0.1, 0.15) is 44.6 Å². The molecule has 0 heterocycles. The van der Waals surface area contributed by atoms with E-state index in [1.807, 2.05) is 0 Å². The maximum absolute atomic E-state index is 5.90. The third kappa shape index (κ3) is 2.76. The lowest BCUT2D eigenvalue weighted by Crippen LogP contribution is -2.20. The van der Waals surface area contributed by atoms with Crippen molar-refractivity contribution in [1.82, 2.24) is 0 Å². The van der Waals surface area contributed by atoms with Gasteiger partial charge < -0.3 is 11.1 Å². The van der Waals surface area contributed by atoms with E-state index in [1.165, 1.54) is 17.7 Å². The molecule has 0 saturated heterocycles. The standard InChI is InChI=1S/C14H22N2/c1-10(2)11-3-6-13(7-4-11)16-14-8-5-12(15)9-14/h3-4,6-7,10,12,14,16H,5,8-9,15H2,1-2H3. The lowest BCUT2D eigenvalue weighted by atomic mass is 10.0. The van der Waals surface area contributed by atoms with Gasteiger partial charge in [0.05, 0.1) is 0 Å². The van der Waals surface area contributed by atoms with Gasteiger partial charge in [0.1, 0.15) is 0 Å². The summed E-state index contributed by atoms with van der Waals surface area (Å²) in [4.78, 5) is 0. The highest BCUT2D eigenvalue weighted by Gasteiger charge is 2.21. The molecule has 0 bridgehead atoms. The fraction of sp³-hybridized carbons (Fsp3) is 0.571. The molecule has 2 unspecified atom stereocenters. The van der Waals surface area contributed by atoms with Crippen molar-refractivity contribution in [3.63, 3.8) is 0 Å². The van der Waals surface area contributed by atoms with E-state index in [0.29, 0.717) is 18.0 Å². The van der Waals surface area contributed by atoms with Crippen LogP contribution in [0.2, 0.25) is 0 Å². The number of hydrogen-bond acceptors (Lipinski definition) is 2. The first kappa shape index (κ1) is 11.5. The number of nitrogens with one attached hydrogen (secondary N) is 1. The Morgan fingerprint density at radius 3 is 2.38 bits per heavy atom. The van der Waals surface area contributed by atoms with Gasteiger partial charge in [-0.2, -0.15) is 0 Å². The monoisotopic (exact) mass is 218 g/mol. The third-order valence-electron chi connectivity index (χ3n) is 3.42. The van der Waals surface area contributed by atoms with Gasteiger partial charge in [-0.25, -0.2) is 0 Å². The van der Waals surface area contributed by atoms with E-state index in [-0.39, 0.29) is 0 Å². The molecule has 3 N–H and O–H groups in total. The molecule has 0 spiro atoms. The Balaban J connectivity index is 1.95. The van der Waals surface area contributed by atoms with Crippen LogP contribution in [0.3, 0.4) is 0 Å². The van der Waals surface area contributed by atoms with Gasteiger partial charge in [-0.05, 0) is 42.9 Å². The Morgan fingerprint density at radius 1 is 1.19 bits per heavy atom. The molecule has 1 aromatic rings. The van der Waals surface area contributed by atoms with Crippen molar-refractivity contribution in [2.75, 3.05) is 5.32 Å². The summed E-state index contributed by atoms with van der Waals surface area (Å²) in [5.74, 6) is 0.606. The van der Waals surface area contributed by atoms with E-state index in [2.05, 4.69) is 43.4 Å². The molecule has 0 aromatic heterocycles. The van der Waals surface area contributed by atoms with Crippen LogP contribution in [0.25, 0.3) is 0 Å². The number of nitrogens with two attached hydrogens (primary N) is 1. The predicted octanol–water partition coefficient (Wildman–Crippen LogP) is 3.10. The summed E-state index contributed by atoms with van der Waals surface area (Å²) in [5.41, 5.74) is 8.53. The van der Waals surface area contributed by atoms with Gasteiger partial charge in [-0.1, -0.05) is 26.0 Å². The van der Waals surface area contributed by atoms with Crippen molar-refractivity contribution in [2.45, 2.75) is 51.1 Å². The third-order valence-corrected chi connectivity index (χ3v) is 3.42. The van der Waals surface area contributed by atoms with E-state index in [1.54, 1.807) is 0 Å². The Bertz CT molecular complexity index is 329. The quantitative estimate of drug-likeness (QED) is 0.818. The molecule has 0 amide bonds. The van der Waals surface area contributed by atoms with Crippen LogP contribution in [0.4, 0.5) is 5.69 Å². The lowest BCUT2D eigenvalue weighted by molar-refractivity contribution is 0.688. The molecule has 2 rings (SSSR count). The van der Waals surface area contributed by atoms with Gasteiger partial charge in [0.25, 0.3) is 0 Å². The maximum atomic E-state index is 5.90. The number of rotatable bonds is 3. The van der Waals surface area contributed by atoms with Gasteiger partial charge in [0.15, 0.2) is 0 Å². The maximum Gasteiger partial charge on any atom is 0.0342 e. The summed E-state index contributed by atoms with van der Waals surface area (Å²) in [7, 11) is 0. The van der Waals surface area contributed by atoms with Crippen molar-refractivity contribution in [3.05, 3.63) is 29.8 Å². The minimum atomic E-state index is 0.396. The second kappa shape index (κ2) is 4.88. The summed E-state index contributed by atoms with van der Waals surface area (Å²) in [6, 6.07) is 9.75. The van der Waals surface area contributed by atoms with E-state index < -0.39 is 0 Å². The fourth-order valence-electron chi connectivity index (χ4n) is 2.35. The Hall–Kier alpha value is -1.02. The molecule has 0 aliphatic heterocycles. The summed E-state index contributed by atoms with van der Waals surface area (Å²) in [5, 5.41) is 3.56. The van der Waals surface area contributed by atoms with Crippen molar-refractivity contribution >= 4 is 5.69 Å². The average Bonchev–Trinajstić information content (AvgIpc) is 2.65. The SMILES string of the molecule is CC(C)c1ccc(NC2CCC(N)C2)cc1. The highest BCUT2D eigenvalue weighted by molar-refractivity contribution is 5.46. The molecule has 1 saturated carbocycles. The zero-order valence-electron chi connectivity index (χ0n) is 10.2. The first-order valence-corrected chi connectivity index (χ1v) is 6.27. The minimum Gasteiger partial charge on any atom is -0.382 e. The van der Waals surface area contributed by atoms with Crippen LogP contribution < -0.4 is 11.1 Å². The van der Waals surface area contributed by atoms with Crippen molar-refractivity contribution in [2.24, 2.45) is 5.73 Å². The summed E-state index contributed by atoms with van der Waals surface area (Å²) >= 11 is 0. The molecule has 0 radical (unpaired) electrons. The smallest absolute Gasteiger partial charge is 0.0342 e. The first-order chi connectivity index (χ1) is 7.65. The predicted molar refractivity (Wildman–Crippen MR) is 69.8 cm³/mol. The summed E-state index contributed by atoms with van der Waals surface area (Å²) in [6.45, 7) is 4.44. The van der Waals surface area contributed by atoms with Crippen LogP contribution in [0.5, 0.6) is 0 Å². The Morgan fingerprint density at radius 2 is 1.88 bits per heavy atom. The highest BCUT2D eigenvalue weighted by atomic mass is 14.9. The molecule has 1 aromatic carbocycles. The normalized spacial score (nSPS) is 25.0. The molecule has 88 valence electrons. The van der Waals surface area contributed by atoms with E-state index in [4.69, 9.17) is 5.73 Å². The van der Waals surface area contributed by atoms with E-state index in [9.17, 15) is 0 Å². The average molecular weight is 218 g/mol. The second-order valence-electron chi connectivity index (χ2n) is 5.19. The van der Waals surface area contributed by atoms with E-state index in [0.717, 1.165) is 12.8 Å². The molecule has 2 atom stereocenters. The molecule has 16 heavy (non-hydrogen) atoms. The zero-order valence-corrected chi connectivity index (χ0v) is 10.2. The fourth-order valence-corrected chi connectivity index (χ4v) is 2.35. The first-order valence-electron chi connectivity index (χ1n) is 6.27. The summed E-state index contributed by atoms with van der Waals surface area (Å²) < 4.78 is 0. The molecule has 2 heteroatoms. The zero-order chi connectivity index (χ0) is 11.5. The molecule has 1 fully saturated rings. The van der Waals surface area contributed by atoms with Crippen molar-refractivity contribution in [1.29, 1.82) is 0 Å². The number of anilines is 1. The Labute approximate surface area is 98.2 Å². The number of hydrogen-bond donors (Lipinski definition) is 2. The van der Waals surface area contributed by atoms with Crippen LogP contribution >= 0.6 is 0 Å².